The minimum atomic E-state index is -3.50. The Morgan fingerprint density at radius 3 is 2.58 bits per heavy atom. The molecule has 0 aliphatic heterocycles. The van der Waals surface area contributed by atoms with Crippen LogP contribution in [0.4, 0.5) is 0 Å². The normalized spacial score (nSPS) is 26.0. The summed E-state index contributed by atoms with van der Waals surface area (Å²) in [5.41, 5.74) is 0.632. The van der Waals surface area contributed by atoms with Crippen molar-refractivity contribution in [1.29, 1.82) is 0 Å². The molecule has 3 atom stereocenters. The molecule has 132 valence electrons. The Morgan fingerprint density at radius 1 is 1.21 bits per heavy atom. The number of amides is 1. The Kier molecular flexibility index (Phi) is 4.97. The van der Waals surface area contributed by atoms with Crippen LogP contribution in [-0.4, -0.2) is 32.7 Å². The van der Waals surface area contributed by atoms with E-state index in [-0.39, 0.29) is 17.3 Å². The molecule has 6 heteroatoms. The number of carbonyl (C=O) groups is 1. The first-order valence-corrected chi connectivity index (χ1v) is 10.1. The molecule has 3 rings (SSSR count). The van der Waals surface area contributed by atoms with Crippen LogP contribution in [0.25, 0.3) is 0 Å². The number of sulfonamides is 1. The van der Waals surface area contributed by atoms with Crippen LogP contribution in [0.3, 0.4) is 0 Å². The molecule has 5 nitrogen and oxygen atoms in total. The lowest BCUT2D eigenvalue weighted by Gasteiger charge is -2.21. The van der Waals surface area contributed by atoms with Crippen LogP contribution < -0.4 is 5.32 Å². The largest absolute Gasteiger partial charge is 0.352 e. The maximum Gasteiger partial charge on any atom is 0.242 e. The summed E-state index contributed by atoms with van der Waals surface area (Å²) in [6.07, 6.45) is 5.65. The molecule has 0 saturated heterocycles. The van der Waals surface area contributed by atoms with Gasteiger partial charge in [-0.1, -0.05) is 24.6 Å². The number of benzene rings is 1. The van der Waals surface area contributed by atoms with Gasteiger partial charge in [0.05, 0.1) is 4.90 Å². The number of hydrogen-bond donors (Lipinski definition) is 1. The van der Waals surface area contributed by atoms with Gasteiger partial charge < -0.3 is 5.32 Å². The Bertz CT molecular complexity index is 715. The average Bonchev–Trinajstić information content (AvgIpc) is 3.15. The lowest BCUT2D eigenvalue weighted by Crippen LogP contribution is -2.29. The second-order valence-corrected chi connectivity index (χ2v) is 9.43. The lowest BCUT2D eigenvalue weighted by molar-refractivity contribution is -0.122. The highest BCUT2D eigenvalue weighted by molar-refractivity contribution is 7.89. The van der Waals surface area contributed by atoms with E-state index < -0.39 is 10.0 Å². The van der Waals surface area contributed by atoms with Gasteiger partial charge in [0.2, 0.25) is 15.9 Å². The third-order valence-corrected chi connectivity index (χ3v) is 7.45. The molecule has 1 amide bonds. The fourth-order valence-corrected chi connectivity index (χ4v) is 5.34. The fraction of sp³-hybridized carbons (Fsp3) is 0.611. The van der Waals surface area contributed by atoms with Crippen LogP contribution in [0, 0.1) is 17.8 Å². The van der Waals surface area contributed by atoms with Crippen LogP contribution >= 0.6 is 0 Å². The van der Waals surface area contributed by atoms with Crippen molar-refractivity contribution in [2.75, 3.05) is 14.1 Å². The van der Waals surface area contributed by atoms with Crippen molar-refractivity contribution in [3.8, 4) is 0 Å². The van der Waals surface area contributed by atoms with E-state index >= 15 is 0 Å². The third-order valence-electron chi connectivity index (χ3n) is 5.54. The van der Waals surface area contributed by atoms with E-state index in [1.807, 2.05) is 0 Å². The second kappa shape index (κ2) is 6.84. The number of fused-ring (bicyclic) bond motifs is 2. The molecule has 1 N–H and O–H groups in total. The average molecular weight is 350 g/mol. The molecule has 3 unspecified atom stereocenters. The van der Waals surface area contributed by atoms with Crippen molar-refractivity contribution in [2.45, 2.75) is 43.5 Å². The second-order valence-electron chi connectivity index (χ2n) is 7.31. The summed E-state index contributed by atoms with van der Waals surface area (Å²) >= 11 is 0. The predicted octanol–water partition coefficient (Wildman–Crippen LogP) is 2.38. The monoisotopic (exact) mass is 350 g/mol. The van der Waals surface area contributed by atoms with Crippen molar-refractivity contribution in [2.24, 2.45) is 17.8 Å². The summed E-state index contributed by atoms with van der Waals surface area (Å²) in [4.78, 5) is 12.5. The molecule has 0 heterocycles. The molecule has 24 heavy (non-hydrogen) atoms. The van der Waals surface area contributed by atoms with Gasteiger partial charge in [-0.3, -0.25) is 4.79 Å². The zero-order valence-electron chi connectivity index (χ0n) is 14.4. The van der Waals surface area contributed by atoms with Gasteiger partial charge in [0.25, 0.3) is 0 Å². The zero-order chi connectivity index (χ0) is 17.3. The van der Waals surface area contributed by atoms with E-state index in [0.29, 0.717) is 17.9 Å². The Morgan fingerprint density at radius 2 is 1.96 bits per heavy atom. The third kappa shape index (κ3) is 3.49. The maximum absolute atomic E-state index is 12.4. The molecule has 2 saturated carbocycles. The van der Waals surface area contributed by atoms with Gasteiger partial charge in [-0.25, -0.2) is 12.7 Å². The molecule has 2 fully saturated rings. The highest BCUT2D eigenvalue weighted by atomic mass is 32.2. The van der Waals surface area contributed by atoms with E-state index in [1.54, 1.807) is 24.3 Å². The highest BCUT2D eigenvalue weighted by Gasteiger charge is 2.40. The van der Waals surface area contributed by atoms with Crippen molar-refractivity contribution in [1.82, 2.24) is 9.62 Å². The van der Waals surface area contributed by atoms with Gasteiger partial charge in [-0.2, -0.15) is 0 Å². The zero-order valence-corrected chi connectivity index (χ0v) is 15.2. The minimum Gasteiger partial charge on any atom is -0.352 e. The van der Waals surface area contributed by atoms with Crippen LogP contribution in [0.5, 0.6) is 0 Å². The predicted molar refractivity (Wildman–Crippen MR) is 92.7 cm³/mol. The van der Waals surface area contributed by atoms with Crippen LogP contribution in [0.1, 0.15) is 37.7 Å². The molecular formula is C18H26N2O3S. The number of hydrogen-bond acceptors (Lipinski definition) is 3. The first kappa shape index (κ1) is 17.4. The summed E-state index contributed by atoms with van der Waals surface area (Å²) in [6, 6.07) is 6.85. The molecule has 2 aliphatic rings. The quantitative estimate of drug-likeness (QED) is 0.856. The van der Waals surface area contributed by atoms with Crippen LogP contribution in [0.15, 0.2) is 29.2 Å². The standard InChI is InChI=1S/C18H26N2O3S/c1-20(2)24(22,23)17-6-4-3-5-15(17)12-19-18(21)11-16-10-13-7-8-14(16)9-13/h3-6,13-14,16H,7-12H2,1-2H3,(H,19,21). The van der Waals surface area contributed by atoms with Gasteiger partial charge in [-0.05, 0) is 48.6 Å². The van der Waals surface area contributed by atoms with Gasteiger partial charge in [0, 0.05) is 27.1 Å². The number of rotatable bonds is 6. The van der Waals surface area contributed by atoms with Gasteiger partial charge in [0.1, 0.15) is 0 Å². The van der Waals surface area contributed by atoms with Gasteiger partial charge in [0.15, 0.2) is 0 Å². The minimum absolute atomic E-state index is 0.0320. The summed E-state index contributed by atoms with van der Waals surface area (Å²) in [6.45, 7) is 0.253. The maximum atomic E-state index is 12.4. The van der Waals surface area contributed by atoms with E-state index in [1.165, 1.54) is 44.1 Å². The molecule has 1 aromatic rings. The van der Waals surface area contributed by atoms with Gasteiger partial charge in [-0.15, -0.1) is 0 Å². The summed E-state index contributed by atoms with van der Waals surface area (Å²) in [5.74, 6) is 2.11. The lowest BCUT2D eigenvalue weighted by atomic mass is 9.86. The first-order valence-electron chi connectivity index (χ1n) is 8.65. The number of nitrogens with one attached hydrogen (secondary N) is 1. The SMILES string of the molecule is CN(C)S(=O)(=O)c1ccccc1CNC(=O)CC1CC2CCC1C2. The van der Waals surface area contributed by atoms with Crippen molar-refractivity contribution in [3.63, 3.8) is 0 Å². The Labute approximate surface area is 144 Å². The molecule has 0 aromatic heterocycles. The van der Waals surface area contributed by atoms with Crippen molar-refractivity contribution < 1.29 is 13.2 Å². The van der Waals surface area contributed by atoms with E-state index in [9.17, 15) is 13.2 Å². The van der Waals surface area contributed by atoms with Crippen molar-refractivity contribution >= 4 is 15.9 Å². The van der Waals surface area contributed by atoms with Gasteiger partial charge >= 0.3 is 0 Å². The summed E-state index contributed by atoms with van der Waals surface area (Å²) < 4.78 is 25.9. The fourth-order valence-electron chi connectivity index (χ4n) is 4.23. The highest BCUT2D eigenvalue weighted by Crippen LogP contribution is 2.49. The summed E-state index contributed by atoms with van der Waals surface area (Å²) in [5, 5.41) is 2.91. The Balaban J connectivity index is 1.62. The number of nitrogens with zero attached hydrogens (tertiary/aromatic N) is 1. The molecule has 0 radical (unpaired) electrons. The molecule has 1 aromatic carbocycles. The molecule has 2 bridgehead atoms. The Hall–Kier alpha value is -1.40. The molecule has 0 spiro atoms. The topological polar surface area (TPSA) is 66.5 Å². The number of carbonyl (C=O) groups excluding carboxylic acids is 1. The summed E-state index contributed by atoms with van der Waals surface area (Å²) in [7, 11) is -0.475. The van der Waals surface area contributed by atoms with E-state index in [0.717, 1.165) is 11.8 Å². The van der Waals surface area contributed by atoms with Crippen molar-refractivity contribution in [3.05, 3.63) is 29.8 Å². The van der Waals surface area contributed by atoms with Crippen LogP contribution in [-0.2, 0) is 21.4 Å². The first-order chi connectivity index (χ1) is 11.4. The molecule has 2 aliphatic carbocycles. The smallest absolute Gasteiger partial charge is 0.242 e. The molecular weight excluding hydrogens is 324 g/mol. The van der Waals surface area contributed by atoms with Crippen LogP contribution in [0.2, 0.25) is 0 Å². The van der Waals surface area contributed by atoms with E-state index in [4.69, 9.17) is 0 Å². The van der Waals surface area contributed by atoms with E-state index in [2.05, 4.69) is 5.32 Å².